The first kappa shape index (κ1) is 65.6. The molecule has 119 heavy (non-hydrogen) atoms. The highest BCUT2D eigenvalue weighted by atomic mass is 16.4. The summed E-state index contributed by atoms with van der Waals surface area (Å²) in [6.45, 7) is -7.68. The van der Waals surface area contributed by atoms with E-state index in [0.29, 0.717) is 18.7 Å². The van der Waals surface area contributed by atoms with E-state index in [0.717, 1.165) is 11.1 Å². The summed E-state index contributed by atoms with van der Waals surface area (Å²) in [5, 5.41) is 9.52. The van der Waals surface area contributed by atoms with Crippen molar-refractivity contribution in [2.75, 3.05) is 107 Å². The average Bonchev–Trinajstić information content (AvgIpc) is 1.52. The van der Waals surface area contributed by atoms with Gasteiger partial charge >= 0.3 is 102 Å². The third-order valence-electron chi connectivity index (χ3n) is 28.8. The van der Waals surface area contributed by atoms with E-state index in [9.17, 15) is 9.90 Å². The Morgan fingerprint density at radius 2 is 0.370 bits per heavy atom. The van der Waals surface area contributed by atoms with E-state index in [1.165, 1.54) is 157 Å². The van der Waals surface area contributed by atoms with Crippen LogP contribution >= 0.6 is 0 Å². The maximum atomic E-state index is 15.5. The number of aromatic nitrogens is 2. The number of aromatic carboxylic acids is 1. The molecule has 52 nitrogen and oxygen atoms in total. The maximum absolute atomic E-state index is 15.5. The van der Waals surface area contributed by atoms with E-state index in [1.807, 2.05) is 82.5 Å². The number of carboxylic acid groups (broad SMARTS) is 1. The van der Waals surface area contributed by atoms with Crippen LogP contribution in [-0.4, -0.2) is 470 Å². The molecule has 0 atom stereocenters. The molecule has 2 aromatic heterocycles. The van der Waals surface area contributed by atoms with E-state index in [1.54, 1.807) is 6.07 Å². The van der Waals surface area contributed by atoms with Gasteiger partial charge in [0, 0.05) is 35.4 Å². The highest BCUT2D eigenvalue weighted by molar-refractivity contribution is 5.97. The summed E-state index contributed by atoms with van der Waals surface area (Å²) in [6, 6.07) is 5.45. The number of hydrogen-bond donors (Lipinski definition) is 1. The van der Waals surface area contributed by atoms with Crippen LogP contribution in [0.1, 0.15) is 21.5 Å². The summed E-state index contributed by atoms with van der Waals surface area (Å²) in [6.07, 6.45) is -12.6. The third-order valence-corrected chi connectivity index (χ3v) is 28.8. The molecule has 0 aliphatic carbocycles. The van der Waals surface area contributed by atoms with Crippen molar-refractivity contribution in [3.63, 3.8) is 0 Å². The molecule has 24 fully saturated rings. The number of nitrogens with zero attached hydrogens (tertiary/aromatic N) is 34. The number of pyridine rings is 2. The van der Waals surface area contributed by atoms with Gasteiger partial charge in [-0.25, -0.2) is 90.6 Å². The minimum absolute atomic E-state index is 0.357. The lowest BCUT2D eigenvalue weighted by atomic mass is 10.0. The summed E-state index contributed by atoms with van der Waals surface area (Å²) < 4.78 is 3.99. The first-order valence-corrected chi connectivity index (χ1v) is 38.9. The smallest absolute Gasteiger partial charge is 0.336 e. The lowest BCUT2D eigenvalue weighted by Gasteiger charge is -2.42. The molecular weight excluding hydrogens is 1570 g/mol. The van der Waals surface area contributed by atoms with E-state index >= 15 is 76.7 Å². The molecule has 27 rings (SSSR count). The summed E-state index contributed by atoms with van der Waals surface area (Å²) in [7, 11) is 0. The number of amides is 32. The number of hydrogen-bond acceptors (Lipinski definition) is 17. The minimum Gasteiger partial charge on any atom is -0.478 e. The standard InChI is InChI=1S/C48H48N32O16.C19H17N2O2/c81-33-49-1-50-18-20-54(34(50)82)4-58-22-24-62(38(58)86)8-66-26-28-70(42(66)90)12-74-30-32-78(46(74)94)15-77-31-29-73(45(77)93)11-69-27-25-65(41(69)89)7-61-23-21-57(37(61)85)3-53(33)19-17(49)51-2-52(18)36(84)56(20)6-60(22)40(88)64(24)10-68(26)44(92)72(28)14-76(30)48(96)80(32)16-79(31)47(95)75(29)13-71(27)43(91)67(25)9-63(23)39(87)59(21)5-55(19)35(51)83;22-19(23)18-13-16(14-20-9-3-1-4-10-20)7-8-17(18)15-21-11-5-2-6-12-21/h17-32H,1-16H2;1-13H,14-15H2/q;+1/p+1. The molecule has 26 heterocycles. The number of carbonyl (C=O) groups excluding carboxylic acids is 16. The van der Waals surface area contributed by atoms with Crippen molar-refractivity contribution in [3.8, 4) is 0 Å². The van der Waals surface area contributed by atoms with Gasteiger partial charge in [0.1, 0.15) is 107 Å². The van der Waals surface area contributed by atoms with Crippen molar-refractivity contribution in [2.24, 2.45) is 0 Å². The van der Waals surface area contributed by atoms with Crippen LogP contribution in [0.5, 0.6) is 0 Å². The van der Waals surface area contributed by atoms with Gasteiger partial charge in [-0.3, -0.25) is 157 Å². The van der Waals surface area contributed by atoms with E-state index in [4.69, 9.17) is 0 Å². The Morgan fingerprint density at radius 1 is 0.227 bits per heavy atom. The molecule has 32 amide bonds. The van der Waals surface area contributed by atoms with Crippen LogP contribution in [0.25, 0.3) is 0 Å². The molecular formula is C67H66N34O18+2. The van der Waals surface area contributed by atoms with Gasteiger partial charge < -0.3 is 5.11 Å². The Bertz CT molecular complexity index is 4260. The van der Waals surface area contributed by atoms with E-state index < -0.39 is 308 Å². The molecule has 24 aliphatic heterocycles. The molecule has 610 valence electrons. The van der Waals surface area contributed by atoms with Crippen molar-refractivity contribution in [1.82, 2.24) is 157 Å². The zero-order valence-corrected chi connectivity index (χ0v) is 62.1. The fourth-order valence-electron chi connectivity index (χ4n) is 23.9. The Kier molecular flexibility index (Phi) is 11.6. The average molecular weight is 1640 g/mol. The van der Waals surface area contributed by atoms with Crippen LogP contribution < -0.4 is 9.13 Å². The fourth-order valence-corrected chi connectivity index (χ4v) is 23.9. The predicted octanol–water partition coefficient (Wildman–Crippen LogP) is -5.50. The van der Waals surface area contributed by atoms with Gasteiger partial charge in [0.15, 0.2) is 137 Å². The van der Waals surface area contributed by atoms with Gasteiger partial charge in [0.05, 0.1) is 5.56 Å². The van der Waals surface area contributed by atoms with Gasteiger partial charge in [0.25, 0.3) is 0 Å². The van der Waals surface area contributed by atoms with Crippen LogP contribution in [0.4, 0.5) is 76.7 Å². The number of carboxylic acids is 1. The van der Waals surface area contributed by atoms with Crippen molar-refractivity contribution >= 4 is 102 Å². The highest BCUT2D eigenvalue weighted by Crippen LogP contribution is 2.54. The lowest BCUT2D eigenvalue weighted by Crippen LogP contribution is -2.63. The molecule has 0 spiro atoms. The molecule has 0 saturated carbocycles. The van der Waals surface area contributed by atoms with Gasteiger partial charge in [-0.1, -0.05) is 24.3 Å². The number of benzene rings is 1. The third kappa shape index (κ3) is 7.41. The van der Waals surface area contributed by atoms with Crippen molar-refractivity contribution in [1.29, 1.82) is 0 Å². The van der Waals surface area contributed by atoms with Crippen LogP contribution in [-0.2, 0) is 13.1 Å². The molecule has 1 aromatic carbocycles. The van der Waals surface area contributed by atoms with Crippen molar-refractivity contribution in [2.45, 2.75) is 112 Å². The zero-order valence-electron chi connectivity index (χ0n) is 62.1. The van der Waals surface area contributed by atoms with Crippen LogP contribution in [0.15, 0.2) is 79.4 Å². The fraction of sp³-hybridized carbons (Fsp3) is 0.507. The van der Waals surface area contributed by atoms with Gasteiger partial charge in [-0.15, -0.1) is 0 Å². The molecule has 0 bridgehead atoms. The summed E-state index contributed by atoms with van der Waals surface area (Å²) in [5.41, 5.74) is 2.13. The SMILES string of the molecule is O=C(O)c1cc(C[n+]2ccccc2)ccc1C[n+]1ccccc1.O=C1N2CN3C(=O)N4CN5C(=O)N6CN7C(=O)N8CN9C(=O)N%10CN%11C(=O)N%12CN%13C(=O)N%14CN%15C(=O)N%16CN1C1C2N2CN%17C(=O)N(CN%18C(=O)N(CN%19C(=O)N(CN%20C(=O)N(CN%21C(=O)N(CN%22C(=O)N(CN%23C(=O)N(CN1C2=O)C%16C%15%23)C%14C%13%22)C%12C%11%21)C%10C9%20)C8C7%19)C6C5%18)C4C3%17. The molecule has 52 heteroatoms. The summed E-state index contributed by atoms with van der Waals surface area (Å²) in [4.78, 5) is 301. The highest BCUT2D eigenvalue weighted by Gasteiger charge is 2.78. The van der Waals surface area contributed by atoms with Crippen molar-refractivity contribution in [3.05, 3.63) is 96.1 Å². The topological polar surface area (TPSA) is 422 Å². The first-order valence-electron chi connectivity index (χ1n) is 38.9. The van der Waals surface area contributed by atoms with Gasteiger partial charge in [-0.2, -0.15) is 0 Å². The van der Waals surface area contributed by atoms with Crippen molar-refractivity contribution < 1.29 is 95.7 Å². The summed E-state index contributed by atoms with van der Waals surface area (Å²) in [5.74, 6) is -0.892. The second kappa shape index (κ2) is 21.1. The normalized spacial score (nSPS) is 34.6. The molecule has 24 saturated heterocycles. The van der Waals surface area contributed by atoms with Crippen LogP contribution in [0.3, 0.4) is 0 Å². The van der Waals surface area contributed by atoms with Crippen LogP contribution in [0.2, 0.25) is 0 Å². The number of carbonyl (C=O) groups is 17. The Labute approximate surface area is 667 Å². The van der Waals surface area contributed by atoms with Crippen LogP contribution in [0, 0.1) is 0 Å². The molecule has 3 aromatic rings. The van der Waals surface area contributed by atoms with Gasteiger partial charge in [0.2, 0.25) is 0 Å². The lowest BCUT2D eigenvalue weighted by molar-refractivity contribution is -0.689. The Hall–Kier alpha value is -14.7. The Balaban J connectivity index is 0.000000284. The second-order valence-corrected chi connectivity index (χ2v) is 33.8. The number of rotatable bonds is 5. The predicted molar refractivity (Wildman–Crippen MR) is 369 cm³/mol. The first-order chi connectivity index (χ1) is 57.5. The van der Waals surface area contributed by atoms with E-state index in [2.05, 4.69) is 0 Å². The molecule has 0 unspecified atom stereocenters. The van der Waals surface area contributed by atoms with E-state index in [-0.39, 0.29) is 0 Å². The molecule has 0 radical (unpaired) electrons. The van der Waals surface area contributed by atoms with Gasteiger partial charge in [-0.05, 0) is 6.07 Å². The maximum Gasteiger partial charge on any atom is 0.336 e. The summed E-state index contributed by atoms with van der Waals surface area (Å²) >= 11 is 0. The molecule has 24 aliphatic rings. The monoisotopic (exact) mass is 1630 g/mol. The second-order valence-electron chi connectivity index (χ2n) is 33.8. The Morgan fingerprint density at radius 3 is 0.513 bits per heavy atom. The minimum atomic E-state index is -1.28. The largest absolute Gasteiger partial charge is 0.478 e. The quantitative estimate of drug-likeness (QED) is 0.233. The zero-order chi connectivity index (χ0) is 80.3. The number of urea groups is 16. The molecule has 1 N–H and O–H groups in total.